The monoisotopic (exact) mass is 390 g/mol. The zero-order chi connectivity index (χ0) is 20.7. The van der Waals surface area contributed by atoms with Gasteiger partial charge in [0.2, 0.25) is 5.78 Å². The topological polar surface area (TPSA) is 106 Å². The summed E-state index contributed by atoms with van der Waals surface area (Å²) in [6.45, 7) is 0. The summed E-state index contributed by atoms with van der Waals surface area (Å²) in [5.41, 5.74) is -1.45. The van der Waals surface area contributed by atoms with Crippen LogP contribution >= 0.6 is 0 Å². The van der Waals surface area contributed by atoms with Gasteiger partial charge in [-0.05, 0) is 30.3 Å². The molecule has 0 unspecified atom stereocenters. The molecule has 1 N–H and O–H groups in total. The minimum Gasteiger partial charge on any atom is -0.322 e. The van der Waals surface area contributed by atoms with Crippen molar-refractivity contribution in [3.8, 4) is 0 Å². The van der Waals surface area contributed by atoms with Gasteiger partial charge in [-0.1, -0.05) is 30.3 Å². The van der Waals surface area contributed by atoms with Crippen molar-refractivity contribution in [2.75, 3.05) is 5.32 Å². The van der Waals surface area contributed by atoms with Gasteiger partial charge in [0.05, 0.1) is 4.92 Å². The molecule has 0 fully saturated rings. The smallest absolute Gasteiger partial charge is 0.294 e. The number of halogens is 1. The summed E-state index contributed by atoms with van der Waals surface area (Å²) in [5.74, 6) is -2.73. The summed E-state index contributed by atoms with van der Waals surface area (Å²) < 4.78 is 13.3. The first-order valence-corrected chi connectivity index (χ1v) is 8.45. The van der Waals surface area contributed by atoms with E-state index in [1.165, 1.54) is 36.4 Å². The predicted octanol–water partition coefficient (Wildman–Crippen LogP) is 3.76. The van der Waals surface area contributed by atoms with Crippen molar-refractivity contribution >= 4 is 28.8 Å². The number of anilines is 1. The highest BCUT2D eigenvalue weighted by Gasteiger charge is 2.38. The Morgan fingerprint density at radius 3 is 2.24 bits per heavy atom. The lowest BCUT2D eigenvalue weighted by atomic mass is 9.82. The number of amides is 1. The number of nitrogens with one attached hydrogen (secondary N) is 1. The van der Waals surface area contributed by atoms with Crippen LogP contribution in [0.3, 0.4) is 0 Å². The van der Waals surface area contributed by atoms with Crippen LogP contribution in [0.4, 0.5) is 15.8 Å². The zero-order valence-electron chi connectivity index (χ0n) is 14.6. The minimum absolute atomic E-state index is 0.0378. The van der Waals surface area contributed by atoms with Crippen molar-refractivity contribution in [3.05, 3.63) is 104 Å². The van der Waals surface area contributed by atoms with E-state index in [-0.39, 0.29) is 22.4 Å². The normalized spacial score (nSPS) is 12.2. The molecule has 1 amide bonds. The van der Waals surface area contributed by atoms with Crippen LogP contribution in [-0.4, -0.2) is 22.4 Å². The third kappa shape index (κ3) is 2.96. The maximum absolute atomic E-state index is 13.3. The zero-order valence-corrected chi connectivity index (χ0v) is 14.6. The second kappa shape index (κ2) is 6.75. The van der Waals surface area contributed by atoms with Crippen molar-refractivity contribution in [1.29, 1.82) is 0 Å². The van der Waals surface area contributed by atoms with Gasteiger partial charge in [-0.3, -0.25) is 24.5 Å². The summed E-state index contributed by atoms with van der Waals surface area (Å²) in [5, 5.41) is 14.1. The maximum atomic E-state index is 13.3. The molecule has 0 aromatic heterocycles. The molecule has 7 nitrogen and oxygen atoms in total. The number of rotatable bonds is 3. The van der Waals surface area contributed by atoms with Crippen LogP contribution in [-0.2, 0) is 0 Å². The number of fused-ring (bicyclic) bond motifs is 2. The van der Waals surface area contributed by atoms with Crippen molar-refractivity contribution in [2.24, 2.45) is 0 Å². The first kappa shape index (κ1) is 18.2. The second-order valence-corrected chi connectivity index (χ2v) is 6.31. The van der Waals surface area contributed by atoms with E-state index in [9.17, 15) is 28.9 Å². The van der Waals surface area contributed by atoms with E-state index >= 15 is 0 Å². The fraction of sp³-hybridized carbons (Fsp3) is 0. The first-order valence-electron chi connectivity index (χ1n) is 8.45. The van der Waals surface area contributed by atoms with Gasteiger partial charge in [0.1, 0.15) is 16.9 Å². The number of carbonyl (C=O) groups excluding carboxylic acids is 3. The molecule has 1 aliphatic rings. The quantitative estimate of drug-likeness (QED) is 0.423. The van der Waals surface area contributed by atoms with Gasteiger partial charge in [-0.2, -0.15) is 0 Å². The van der Waals surface area contributed by atoms with Gasteiger partial charge in [0.25, 0.3) is 11.6 Å². The van der Waals surface area contributed by atoms with Gasteiger partial charge < -0.3 is 5.32 Å². The Hall–Kier alpha value is -4.20. The van der Waals surface area contributed by atoms with Crippen molar-refractivity contribution < 1.29 is 23.7 Å². The summed E-state index contributed by atoms with van der Waals surface area (Å²) in [4.78, 5) is 49.2. The molecular formula is C21H11FN2O5. The molecule has 0 bridgehead atoms. The lowest BCUT2D eigenvalue weighted by molar-refractivity contribution is -0.385. The number of nitrogens with zero attached hydrogens (tertiary/aromatic N) is 1. The van der Waals surface area contributed by atoms with Gasteiger partial charge in [0, 0.05) is 22.4 Å². The van der Waals surface area contributed by atoms with E-state index in [2.05, 4.69) is 5.32 Å². The molecule has 142 valence electrons. The largest absolute Gasteiger partial charge is 0.322 e. The van der Waals surface area contributed by atoms with Crippen molar-refractivity contribution in [2.45, 2.75) is 0 Å². The summed E-state index contributed by atoms with van der Waals surface area (Å²) in [6.07, 6.45) is 0. The highest BCUT2D eigenvalue weighted by Crippen LogP contribution is 2.35. The highest BCUT2D eigenvalue weighted by molar-refractivity contribution is 6.30. The standard InChI is InChI=1S/C21H11FN2O5/c22-11-4-3-5-12(10-11)23-21(27)16-9-8-15-17(18(16)24(28)29)20(26)14-7-2-1-6-13(14)19(15)25/h1-10H,(H,23,27). The Labute approximate surface area is 162 Å². The summed E-state index contributed by atoms with van der Waals surface area (Å²) in [6, 6.07) is 13.3. The molecule has 0 radical (unpaired) electrons. The van der Waals surface area contributed by atoms with Crippen LogP contribution in [0.2, 0.25) is 0 Å². The third-order valence-corrected chi connectivity index (χ3v) is 4.58. The SMILES string of the molecule is O=C1c2ccccc2C(=O)c2c1ccc(C(=O)Nc1cccc(F)c1)c2[N+](=O)[O-]. The Bertz CT molecular complexity index is 1240. The van der Waals surface area contributed by atoms with Crippen LogP contribution in [0.5, 0.6) is 0 Å². The van der Waals surface area contributed by atoms with Gasteiger partial charge >= 0.3 is 0 Å². The predicted molar refractivity (Wildman–Crippen MR) is 101 cm³/mol. The molecule has 1 aliphatic carbocycles. The number of carbonyl (C=O) groups is 3. The number of hydrogen-bond acceptors (Lipinski definition) is 5. The number of nitro benzene ring substituents is 1. The van der Waals surface area contributed by atoms with E-state index < -0.39 is 45.0 Å². The van der Waals surface area contributed by atoms with Crippen LogP contribution in [0.25, 0.3) is 0 Å². The van der Waals surface area contributed by atoms with Crippen molar-refractivity contribution in [3.63, 3.8) is 0 Å². The maximum Gasteiger partial charge on any atom is 0.294 e. The molecule has 0 atom stereocenters. The van der Waals surface area contributed by atoms with E-state index in [0.717, 1.165) is 12.1 Å². The van der Waals surface area contributed by atoms with Crippen molar-refractivity contribution in [1.82, 2.24) is 0 Å². The summed E-state index contributed by atoms with van der Waals surface area (Å²) in [7, 11) is 0. The van der Waals surface area contributed by atoms with Crippen LogP contribution < -0.4 is 5.32 Å². The highest BCUT2D eigenvalue weighted by atomic mass is 19.1. The molecule has 29 heavy (non-hydrogen) atoms. The molecule has 0 saturated heterocycles. The second-order valence-electron chi connectivity index (χ2n) is 6.31. The van der Waals surface area contributed by atoms with Crippen LogP contribution in [0, 0.1) is 15.9 Å². The van der Waals surface area contributed by atoms with Gasteiger partial charge in [0.15, 0.2) is 5.78 Å². The fourth-order valence-electron chi connectivity index (χ4n) is 3.31. The number of nitro groups is 1. The molecule has 3 aromatic rings. The van der Waals surface area contributed by atoms with E-state index in [0.29, 0.717) is 0 Å². The minimum atomic E-state index is -0.899. The molecule has 0 aliphatic heterocycles. The molecule has 0 heterocycles. The van der Waals surface area contributed by atoms with Gasteiger partial charge in [-0.15, -0.1) is 0 Å². The average molecular weight is 390 g/mol. The third-order valence-electron chi connectivity index (χ3n) is 4.58. The lowest BCUT2D eigenvalue weighted by Gasteiger charge is -2.18. The molecule has 4 rings (SSSR count). The Morgan fingerprint density at radius 2 is 1.59 bits per heavy atom. The number of hydrogen-bond donors (Lipinski definition) is 1. The van der Waals surface area contributed by atoms with Gasteiger partial charge in [-0.25, -0.2) is 4.39 Å². The van der Waals surface area contributed by atoms with Crippen LogP contribution in [0.15, 0.2) is 60.7 Å². The van der Waals surface area contributed by atoms with E-state index in [4.69, 9.17) is 0 Å². The summed E-state index contributed by atoms with van der Waals surface area (Å²) >= 11 is 0. The molecule has 3 aromatic carbocycles. The van der Waals surface area contributed by atoms with Crippen LogP contribution in [0.1, 0.15) is 42.2 Å². The lowest BCUT2D eigenvalue weighted by Crippen LogP contribution is -2.24. The molecule has 0 saturated carbocycles. The average Bonchev–Trinajstić information content (AvgIpc) is 2.71. The van der Waals surface area contributed by atoms with E-state index in [1.54, 1.807) is 12.1 Å². The number of ketones is 2. The fourth-order valence-corrected chi connectivity index (χ4v) is 3.31. The van der Waals surface area contributed by atoms with E-state index in [1.807, 2.05) is 0 Å². The number of benzene rings is 3. The molecule has 0 spiro atoms. The molecular weight excluding hydrogens is 379 g/mol. The Balaban J connectivity index is 1.86. The Kier molecular flexibility index (Phi) is 4.23. The first-order chi connectivity index (χ1) is 13.9. The Morgan fingerprint density at radius 1 is 0.897 bits per heavy atom. The molecule has 8 heteroatoms.